The van der Waals surface area contributed by atoms with Crippen LogP contribution in [-0.4, -0.2) is 25.9 Å². The number of benzene rings is 1. The molecule has 0 unspecified atom stereocenters. The van der Waals surface area contributed by atoms with Crippen LogP contribution in [0.15, 0.2) is 41.7 Å². The molecule has 0 saturated heterocycles. The second kappa shape index (κ2) is 5.68. The Balaban J connectivity index is 2.06. The van der Waals surface area contributed by atoms with Gasteiger partial charge in [0.15, 0.2) is 0 Å². The van der Waals surface area contributed by atoms with Gasteiger partial charge in [-0.2, -0.15) is 4.37 Å². The van der Waals surface area contributed by atoms with Crippen molar-refractivity contribution in [3.63, 3.8) is 0 Å². The fourth-order valence-electron chi connectivity index (χ4n) is 1.80. The Morgan fingerprint density at radius 1 is 1.25 bits per heavy atom. The summed E-state index contributed by atoms with van der Waals surface area (Å²) in [4.78, 5) is 19.7. The monoisotopic (exact) mass is 301 g/mol. The van der Waals surface area contributed by atoms with Crippen LogP contribution in [-0.2, 0) is 4.79 Å². The third-order valence-corrected chi connectivity index (χ3v) is 4.79. The van der Waals surface area contributed by atoms with E-state index in [-0.39, 0.29) is 5.78 Å². The minimum Gasteiger partial charge on any atom is -0.299 e. The molecule has 2 aromatic heterocycles. The van der Waals surface area contributed by atoms with Crippen LogP contribution in [0.5, 0.6) is 0 Å². The van der Waals surface area contributed by atoms with Crippen LogP contribution in [0, 0.1) is 0 Å². The standard InChI is InChI=1S/C14H11N3OS2/c1-9(18)7-19-14-13-12(15-8-16-14)11(17-20-13)10-5-3-2-4-6-10/h2-6,8H,7H2,1H3. The van der Waals surface area contributed by atoms with Crippen molar-refractivity contribution >= 4 is 39.3 Å². The lowest BCUT2D eigenvalue weighted by atomic mass is 10.1. The van der Waals surface area contributed by atoms with Crippen LogP contribution in [0.4, 0.5) is 0 Å². The van der Waals surface area contributed by atoms with Gasteiger partial charge in [-0.3, -0.25) is 4.79 Å². The summed E-state index contributed by atoms with van der Waals surface area (Å²) in [5.41, 5.74) is 2.76. The van der Waals surface area contributed by atoms with E-state index in [0.29, 0.717) is 5.75 Å². The zero-order valence-corrected chi connectivity index (χ0v) is 12.4. The number of carbonyl (C=O) groups is 1. The Labute approximate surface area is 124 Å². The Kier molecular flexibility index (Phi) is 3.75. The topological polar surface area (TPSA) is 55.7 Å². The molecule has 0 aliphatic rings. The summed E-state index contributed by atoms with van der Waals surface area (Å²) in [7, 11) is 0. The van der Waals surface area contributed by atoms with E-state index >= 15 is 0 Å². The minimum absolute atomic E-state index is 0.134. The van der Waals surface area contributed by atoms with Gasteiger partial charge in [0.1, 0.15) is 33.0 Å². The van der Waals surface area contributed by atoms with E-state index in [1.54, 1.807) is 6.92 Å². The molecule has 0 aliphatic heterocycles. The zero-order chi connectivity index (χ0) is 13.9. The average Bonchev–Trinajstić information content (AvgIpc) is 2.90. The quantitative estimate of drug-likeness (QED) is 0.546. The van der Waals surface area contributed by atoms with E-state index in [4.69, 9.17) is 0 Å². The molecule has 0 spiro atoms. The Hall–Kier alpha value is -1.79. The maximum atomic E-state index is 11.1. The molecular formula is C14H11N3OS2. The highest BCUT2D eigenvalue weighted by molar-refractivity contribution is 8.00. The van der Waals surface area contributed by atoms with E-state index in [1.807, 2.05) is 30.3 Å². The van der Waals surface area contributed by atoms with E-state index in [1.165, 1.54) is 29.6 Å². The number of carbonyl (C=O) groups excluding carboxylic acids is 1. The fourth-order valence-corrected chi connectivity index (χ4v) is 3.52. The highest BCUT2D eigenvalue weighted by atomic mass is 32.2. The second-order valence-corrected chi connectivity index (χ2v) is 5.98. The fraction of sp³-hybridized carbons (Fsp3) is 0.143. The van der Waals surface area contributed by atoms with Gasteiger partial charge >= 0.3 is 0 Å². The summed E-state index contributed by atoms with van der Waals surface area (Å²) in [5.74, 6) is 0.555. The van der Waals surface area contributed by atoms with Crippen LogP contribution in [0.3, 0.4) is 0 Å². The zero-order valence-electron chi connectivity index (χ0n) is 10.7. The molecule has 100 valence electrons. The van der Waals surface area contributed by atoms with Crippen LogP contribution in [0.2, 0.25) is 0 Å². The molecule has 0 radical (unpaired) electrons. The molecular weight excluding hydrogens is 290 g/mol. The van der Waals surface area contributed by atoms with Gasteiger partial charge in [-0.05, 0) is 18.5 Å². The van der Waals surface area contributed by atoms with Crippen molar-refractivity contribution < 1.29 is 4.79 Å². The number of ketones is 1. The Bertz CT molecular complexity index is 755. The number of fused-ring (bicyclic) bond motifs is 1. The third-order valence-electron chi connectivity index (χ3n) is 2.68. The number of rotatable bonds is 4. The lowest BCUT2D eigenvalue weighted by Crippen LogP contribution is -1.94. The summed E-state index contributed by atoms with van der Waals surface area (Å²) >= 11 is 2.82. The molecule has 0 fully saturated rings. The van der Waals surface area contributed by atoms with Gasteiger partial charge in [-0.1, -0.05) is 42.1 Å². The SMILES string of the molecule is CC(=O)CSc1ncnc2c(-c3ccccc3)nsc12. The molecule has 1 aromatic carbocycles. The first kappa shape index (κ1) is 13.2. The molecule has 20 heavy (non-hydrogen) atoms. The van der Waals surface area contributed by atoms with Gasteiger partial charge in [0.2, 0.25) is 0 Å². The number of hydrogen-bond donors (Lipinski definition) is 0. The summed E-state index contributed by atoms with van der Waals surface area (Å²) in [6.45, 7) is 1.58. The lowest BCUT2D eigenvalue weighted by Gasteiger charge is -2.00. The maximum absolute atomic E-state index is 11.1. The van der Waals surface area contributed by atoms with E-state index < -0.39 is 0 Å². The lowest BCUT2D eigenvalue weighted by molar-refractivity contribution is -0.114. The molecule has 0 saturated carbocycles. The van der Waals surface area contributed by atoms with Gasteiger partial charge in [-0.25, -0.2) is 9.97 Å². The molecule has 0 N–H and O–H groups in total. The molecule has 0 amide bonds. The number of thioether (sulfide) groups is 1. The van der Waals surface area contributed by atoms with Gasteiger partial charge in [-0.15, -0.1) is 0 Å². The summed E-state index contributed by atoms with van der Waals surface area (Å²) in [5, 5.41) is 0.824. The molecule has 2 heterocycles. The van der Waals surface area contributed by atoms with Crippen molar-refractivity contribution in [2.45, 2.75) is 11.9 Å². The summed E-state index contributed by atoms with van der Waals surface area (Å²) in [6, 6.07) is 9.96. The van der Waals surface area contributed by atoms with Gasteiger partial charge in [0, 0.05) is 5.56 Å². The molecule has 3 aromatic rings. The highest BCUT2D eigenvalue weighted by Crippen LogP contribution is 2.34. The van der Waals surface area contributed by atoms with Crippen LogP contribution in [0.1, 0.15) is 6.92 Å². The molecule has 0 atom stereocenters. The predicted molar refractivity (Wildman–Crippen MR) is 82.1 cm³/mol. The summed E-state index contributed by atoms with van der Waals surface area (Å²) < 4.78 is 5.44. The second-order valence-electron chi connectivity index (χ2n) is 4.24. The average molecular weight is 301 g/mol. The largest absolute Gasteiger partial charge is 0.299 e. The van der Waals surface area contributed by atoms with Crippen molar-refractivity contribution in [1.29, 1.82) is 0 Å². The van der Waals surface area contributed by atoms with Crippen molar-refractivity contribution in [2.24, 2.45) is 0 Å². The van der Waals surface area contributed by atoms with Crippen LogP contribution < -0.4 is 0 Å². The van der Waals surface area contributed by atoms with Gasteiger partial charge in [0.25, 0.3) is 0 Å². The Morgan fingerprint density at radius 2 is 2.05 bits per heavy atom. The molecule has 3 rings (SSSR count). The molecule has 4 nitrogen and oxygen atoms in total. The van der Waals surface area contributed by atoms with Crippen LogP contribution >= 0.6 is 23.3 Å². The highest BCUT2D eigenvalue weighted by Gasteiger charge is 2.14. The number of hydrogen-bond acceptors (Lipinski definition) is 6. The summed E-state index contributed by atoms with van der Waals surface area (Å²) in [6.07, 6.45) is 1.53. The van der Waals surface area contributed by atoms with E-state index in [0.717, 1.165) is 26.5 Å². The normalized spacial score (nSPS) is 10.8. The van der Waals surface area contributed by atoms with E-state index in [2.05, 4.69) is 14.3 Å². The van der Waals surface area contributed by atoms with Crippen molar-refractivity contribution in [3.05, 3.63) is 36.7 Å². The number of Topliss-reactive ketones (excluding diaryl/α,β-unsaturated/α-hetero) is 1. The van der Waals surface area contributed by atoms with Gasteiger partial charge < -0.3 is 0 Å². The van der Waals surface area contributed by atoms with Crippen molar-refractivity contribution in [1.82, 2.24) is 14.3 Å². The minimum atomic E-state index is 0.134. The first-order chi connectivity index (χ1) is 9.75. The Morgan fingerprint density at radius 3 is 2.80 bits per heavy atom. The first-order valence-electron chi connectivity index (χ1n) is 6.04. The van der Waals surface area contributed by atoms with Gasteiger partial charge in [0.05, 0.1) is 5.75 Å². The smallest absolute Gasteiger partial charge is 0.140 e. The van der Waals surface area contributed by atoms with Crippen molar-refractivity contribution in [2.75, 3.05) is 5.75 Å². The molecule has 0 aliphatic carbocycles. The first-order valence-corrected chi connectivity index (χ1v) is 7.79. The molecule has 6 heteroatoms. The van der Waals surface area contributed by atoms with Crippen LogP contribution in [0.25, 0.3) is 21.5 Å². The number of nitrogens with zero attached hydrogens (tertiary/aromatic N) is 3. The third kappa shape index (κ3) is 2.57. The maximum Gasteiger partial charge on any atom is 0.140 e. The number of aromatic nitrogens is 3. The molecule has 0 bridgehead atoms. The van der Waals surface area contributed by atoms with Crippen molar-refractivity contribution in [3.8, 4) is 11.3 Å². The van der Waals surface area contributed by atoms with E-state index in [9.17, 15) is 4.79 Å². The predicted octanol–water partition coefficient (Wildman–Crippen LogP) is 3.43.